The van der Waals surface area contributed by atoms with Gasteiger partial charge in [-0.3, -0.25) is 0 Å². The molecule has 0 spiro atoms. The van der Waals surface area contributed by atoms with Crippen molar-refractivity contribution in [3.8, 4) is 0 Å². The normalized spacial score (nSPS) is 18.3. The number of sulfone groups is 1. The van der Waals surface area contributed by atoms with Crippen molar-refractivity contribution in [2.45, 2.75) is 10.1 Å². The molecule has 0 radical (unpaired) electrons. The molecule has 1 aliphatic rings. The summed E-state index contributed by atoms with van der Waals surface area (Å²) in [6.45, 7) is -0.0728. The third-order valence-corrected chi connectivity index (χ3v) is 6.65. The van der Waals surface area contributed by atoms with Gasteiger partial charge in [0.25, 0.3) is 0 Å². The summed E-state index contributed by atoms with van der Waals surface area (Å²) < 4.78 is 48.0. The van der Waals surface area contributed by atoms with E-state index in [0.29, 0.717) is 0 Å². The van der Waals surface area contributed by atoms with Crippen LogP contribution in [0.2, 0.25) is 10.0 Å². The molecule has 5 nitrogen and oxygen atoms in total. The molecule has 9 heteroatoms. The van der Waals surface area contributed by atoms with Gasteiger partial charge in [-0.25, -0.2) is 16.8 Å². The average molecular weight is 344 g/mol. The number of nitrogens with zero attached hydrogens (tertiary/aromatic N) is 1. The van der Waals surface area contributed by atoms with Crippen LogP contribution in [0.25, 0.3) is 0 Å². The predicted octanol–water partition coefficient (Wildman–Crippen LogP) is 1.41. The van der Waals surface area contributed by atoms with Crippen LogP contribution in [0.5, 0.6) is 0 Å². The summed E-state index contributed by atoms with van der Waals surface area (Å²) in [4.78, 5) is -0.0306. The maximum absolute atomic E-state index is 12.2. The third kappa shape index (κ3) is 3.05. The van der Waals surface area contributed by atoms with Gasteiger partial charge < -0.3 is 0 Å². The van der Waals surface area contributed by atoms with E-state index >= 15 is 0 Å². The second kappa shape index (κ2) is 4.89. The van der Waals surface area contributed by atoms with E-state index in [1.807, 2.05) is 0 Å². The van der Waals surface area contributed by atoms with Crippen LogP contribution in [-0.2, 0) is 19.9 Å². The van der Waals surface area contributed by atoms with Crippen molar-refractivity contribution < 1.29 is 16.8 Å². The lowest BCUT2D eigenvalue weighted by Crippen LogP contribution is -2.56. The van der Waals surface area contributed by atoms with Crippen molar-refractivity contribution in [2.24, 2.45) is 0 Å². The average Bonchev–Trinajstić information content (AvgIpc) is 2.09. The summed E-state index contributed by atoms with van der Waals surface area (Å²) in [6, 6.07) is 4.00. The lowest BCUT2D eigenvalue weighted by molar-refractivity contribution is 0.310. The number of hydrogen-bond acceptors (Lipinski definition) is 4. The summed E-state index contributed by atoms with van der Waals surface area (Å²) in [7, 11) is -6.96. The van der Waals surface area contributed by atoms with Crippen LogP contribution in [-0.4, -0.2) is 45.7 Å². The Balaban J connectivity index is 2.26. The quantitative estimate of drug-likeness (QED) is 0.831. The van der Waals surface area contributed by atoms with Gasteiger partial charge in [0.1, 0.15) is 0 Å². The van der Waals surface area contributed by atoms with Crippen molar-refractivity contribution in [3.63, 3.8) is 0 Å². The Morgan fingerprint density at radius 3 is 1.95 bits per heavy atom. The summed E-state index contributed by atoms with van der Waals surface area (Å²) in [5.74, 6) is 0. The van der Waals surface area contributed by atoms with Crippen LogP contribution in [0, 0.1) is 0 Å². The molecular weight excluding hydrogens is 333 g/mol. The molecule has 0 bridgehead atoms. The molecule has 2 rings (SSSR count). The highest BCUT2D eigenvalue weighted by Crippen LogP contribution is 2.28. The Labute approximate surface area is 122 Å². The van der Waals surface area contributed by atoms with Crippen LogP contribution in [0.3, 0.4) is 0 Å². The minimum Gasteiger partial charge on any atom is -0.229 e. The van der Waals surface area contributed by atoms with Gasteiger partial charge >= 0.3 is 0 Å². The number of rotatable bonds is 3. The minimum absolute atomic E-state index is 0.0306. The molecule has 1 aromatic carbocycles. The van der Waals surface area contributed by atoms with E-state index in [1.165, 1.54) is 18.2 Å². The molecule has 1 aliphatic heterocycles. The number of hydrogen-bond donors (Lipinski definition) is 0. The third-order valence-electron chi connectivity index (χ3n) is 2.89. The van der Waals surface area contributed by atoms with E-state index in [1.54, 1.807) is 0 Å². The van der Waals surface area contributed by atoms with E-state index in [0.717, 1.165) is 10.6 Å². The van der Waals surface area contributed by atoms with Crippen molar-refractivity contribution in [1.29, 1.82) is 0 Å². The molecule has 0 aromatic heterocycles. The highest BCUT2D eigenvalue weighted by Gasteiger charge is 2.41. The maximum Gasteiger partial charge on any atom is 0.243 e. The number of halogens is 2. The first-order valence-electron chi connectivity index (χ1n) is 5.26. The second-order valence-corrected chi connectivity index (χ2v) is 9.52. The van der Waals surface area contributed by atoms with Crippen LogP contribution >= 0.6 is 23.2 Å². The Morgan fingerprint density at radius 1 is 1.05 bits per heavy atom. The van der Waals surface area contributed by atoms with Gasteiger partial charge in [-0.15, -0.1) is 0 Å². The fourth-order valence-electron chi connectivity index (χ4n) is 1.69. The van der Waals surface area contributed by atoms with Crippen molar-refractivity contribution in [1.82, 2.24) is 4.31 Å². The molecular formula is C10H11Cl2NO4S2. The summed E-state index contributed by atoms with van der Waals surface area (Å²) in [6.07, 6.45) is 1.10. The molecule has 0 unspecified atom stereocenters. The first-order chi connectivity index (χ1) is 8.60. The van der Waals surface area contributed by atoms with Gasteiger partial charge in [-0.2, -0.15) is 4.31 Å². The maximum atomic E-state index is 12.2. The van der Waals surface area contributed by atoms with Crippen LogP contribution in [0.1, 0.15) is 0 Å². The predicted molar refractivity (Wildman–Crippen MR) is 73.9 cm³/mol. The van der Waals surface area contributed by atoms with Crippen LogP contribution in [0.4, 0.5) is 0 Å². The smallest absolute Gasteiger partial charge is 0.229 e. The molecule has 1 saturated heterocycles. The number of benzene rings is 1. The summed E-state index contributed by atoms with van der Waals surface area (Å²) >= 11 is 11.5. The fraction of sp³-hybridized carbons (Fsp3) is 0.400. The van der Waals surface area contributed by atoms with Gasteiger partial charge in [0, 0.05) is 29.4 Å². The second-order valence-electron chi connectivity index (χ2n) is 4.38. The monoisotopic (exact) mass is 343 g/mol. The SMILES string of the molecule is CS(=O)(=O)C1CN(S(=O)(=O)c2cc(Cl)cc(Cl)c2)C1. The van der Waals surface area contributed by atoms with E-state index in [-0.39, 0.29) is 28.0 Å². The van der Waals surface area contributed by atoms with Crippen LogP contribution in [0.15, 0.2) is 23.1 Å². The minimum atomic E-state index is -3.74. The van der Waals surface area contributed by atoms with Crippen molar-refractivity contribution in [2.75, 3.05) is 19.3 Å². The molecule has 0 aliphatic carbocycles. The van der Waals surface area contributed by atoms with Gasteiger partial charge in [0.2, 0.25) is 10.0 Å². The highest BCUT2D eigenvalue weighted by molar-refractivity contribution is 7.92. The molecule has 0 N–H and O–H groups in total. The highest BCUT2D eigenvalue weighted by atomic mass is 35.5. The first kappa shape index (κ1) is 15.1. The molecule has 1 fully saturated rings. The molecule has 0 atom stereocenters. The molecule has 19 heavy (non-hydrogen) atoms. The lowest BCUT2D eigenvalue weighted by atomic mass is 10.3. The van der Waals surface area contributed by atoms with Crippen LogP contribution < -0.4 is 0 Å². The Morgan fingerprint density at radius 2 is 1.53 bits per heavy atom. The number of sulfonamides is 1. The molecule has 0 saturated carbocycles. The molecule has 1 heterocycles. The Bertz CT molecular complexity index is 689. The lowest BCUT2D eigenvalue weighted by Gasteiger charge is -2.36. The van der Waals surface area contributed by atoms with Gasteiger partial charge in [-0.05, 0) is 18.2 Å². The van der Waals surface area contributed by atoms with Gasteiger partial charge in [0.05, 0.1) is 10.1 Å². The van der Waals surface area contributed by atoms with E-state index in [9.17, 15) is 16.8 Å². The summed E-state index contributed by atoms with van der Waals surface area (Å²) in [5, 5.41) is -0.213. The van der Waals surface area contributed by atoms with E-state index in [2.05, 4.69) is 0 Å². The van der Waals surface area contributed by atoms with Gasteiger partial charge in [-0.1, -0.05) is 23.2 Å². The zero-order chi connectivity index (χ0) is 14.4. The molecule has 106 valence electrons. The molecule has 1 aromatic rings. The largest absolute Gasteiger partial charge is 0.243 e. The standard InChI is InChI=1S/C10H11Cl2NO4S2/c1-18(14,15)10-5-13(6-10)19(16,17)9-3-7(11)2-8(12)4-9/h2-4,10H,5-6H2,1H3. The first-order valence-corrected chi connectivity index (χ1v) is 9.41. The Hall–Kier alpha value is -0.340. The zero-order valence-electron chi connectivity index (χ0n) is 9.88. The van der Waals surface area contributed by atoms with E-state index in [4.69, 9.17) is 23.2 Å². The van der Waals surface area contributed by atoms with Crippen molar-refractivity contribution >= 4 is 43.1 Å². The van der Waals surface area contributed by atoms with Gasteiger partial charge in [0.15, 0.2) is 9.84 Å². The van der Waals surface area contributed by atoms with E-state index < -0.39 is 25.1 Å². The molecule has 0 amide bonds. The topological polar surface area (TPSA) is 71.5 Å². The fourth-order valence-corrected chi connectivity index (χ4v) is 5.04. The summed E-state index contributed by atoms with van der Waals surface area (Å²) in [5.41, 5.74) is 0. The van der Waals surface area contributed by atoms with Crippen molar-refractivity contribution in [3.05, 3.63) is 28.2 Å². The zero-order valence-corrected chi connectivity index (χ0v) is 13.0. The Kier molecular flexibility index (Phi) is 3.88.